The zero-order valence-corrected chi connectivity index (χ0v) is 17.4. The van der Waals surface area contributed by atoms with Crippen molar-refractivity contribution in [2.24, 2.45) is 5.73 Å². The van der Waals surface area contributed by atoms with Crippen LogP contribution in [0.15, 0.2) is 30.5 Å². The minimum absolute atomic E-state index is 0.328. The SMILES string of the molecule is Cc1cc(C)cc(Nc2nccc(-c3nc(C(N)=O)c(N4CCCCC4)s3)n2)c1. The number of nitrogens with two attached hydrogens (primary N) is 1. The highest BCUT2D eigenvalue weighted by atomic mass is 32.1. The summed E-state index contributed by atoms with van der Waals surface area (Å²) < 4.78 is 0. The maximum absolute atomic E-state index is 12.0. The lowest BCUT2D eigenvalue weighted by Crippen LogP contribution is -2.30. The van der Waals surface area contributed by atoms with Crippen LogP contribution >= 0.6 is 11.3 Å². The average molecular weight is 409 g/mol. The van der Waals surface area contributed by atoms with Crippen molar-refractivity contribution in [2.45, 2.75) is 33.1 Å². The van der Waals surface area contributed by atoms with E-state index in [1.807, 2.05) is 12.1 Å². The van der Waals surface area contributed by atoms with E-state index in [2.05, 4.69) is 45.1 Å². The van der Waals surface area contributed by atoms with Gasteiger partial charge in [-0.25, -0.2) is 15.0 Å². The molecule has 0 spiro atoms. The van der Waals surface area contributed by atoms with Crippen molar-refractivity contribution in [1.82, 2.24) is 15.0 Å². The third kappa shape index (κ3) is 4.37. The zero-order valence-electron chi connectivity index (χ0n) is 16.6. The van der Waals surface area contributed by atoms with Crippen LogP contribution in [0.4, 0.5) is 16.6 Å². The van der Waals surface area contributed by atoms with Gasteiger partial charge in [0.25, 0.3) is 5.91 Å². The van der Waals surface area contributed by atoms with Gasteiger partial charge in [-0.1, -0.05) is 17.4 Å². The van der Waals surface area contributed by atoms with E-state index in [1.54, 1.807) is 12.3 Å². The van der Waals surface area contributed by atoms with Crippen LogP contribution in [0.2, 0.25) is 0 Å². The molecule has 0 aliphatic carbocycles. The van der Waals surface area contributed by atoms with Gasteiger partial charge >= 0.3 is 0 Å². The molecule has 1 aromatic carbocycles. The van der Waals surface area contributed by atoms with Gasteiger partial charge in [0.1, 0.15) is 15.7 Å². The molecule has 29 heavy (non-hydrogen) atoms. The van der Waals surface area contributed by atoms with E-state index < -0.39 is 5.91 Å². The van der Waals surface area contributed by atoms with Crippen LogP contribution in [0.5, 0.6) is 0 Å². The van der Waals surface area contributed by atoms with Gasteiger partial charge in [-0.15, -0.1) is 0 Å². The number of rotatable bonds is 5. The number of hydrogen-bond donors (Lipinski definition) is 2. The zero-order chi connectivity index (χ0) is 20.4. The summed E-state index contributed by atoms with van der Waals surface area (Å²) in [6.45, 7) is 5.95. The Balaban J connectivity index is 1.64. The largest absolute Gasteiger partial charge is 0.364 e. The fourth-order valence-corrected chi connectivity index (χ4v) is 4.70. The first-order valence-corrected chi connectivity index (χ1v) is 10.6. The molecule has 4 rings (SSSR count). The van der Waals surface area contributed by atoms with E-state index >= 15 is 0 Å². The number of thiazole rings is 1. The Morgan fingerprint density at radius 2 is 1.83 bits per heavy atom. The number of aryl methyl sites for hydroxylation is 2. The fourth-order valence-electron chi connectivity index (χ4n) is 3.61. The van der Waals surface area contributed by atoms with Gasteiger partial charge in [0, 0.05) is 25.0 Å². The molecule has 0 bridgehead atoms. The third-order valence-electron chi connectivity index (χ3n) is 4.84. The predicted octanol–water partition coefficient (Wildman–Crippen LogP) is 4.05. The van der Waals surface area contributed by atoms with Crippen molar-refractivity contribution in [1.29, 1.82) is 0 Å². The second-order valence-electron chi connectivity index (χ2n) is 7.35. The van der Waals surface area contributed by atoms with Crippen LogP contribution in [-0.2, 0) is 0 Å². The highest BCUT2D eigenvalue weighted by Gasteiger charge is 2.23. The first-order chi connectivity index (χ1) is 14.0. The van der Waals surface area contributed by atoms with Crippen molar-refractivity contribution in [3.8, 4) is 10.7 Å². The molecule has 0 unspecified atom stereocenters. The first-order valence-electron chi connectivity index (χ1n) is 9.74. The number of primary amides is 1. The van der Waals surface area contributed by atoms with Gasteiger partial charge in [0.2, 0.25) is 5.95 Å². The van der Waals surface area contributed by atoms with Crippen LogP contribution in [0.25, 0.3) is 10.7 Å². The lowest BCUT2D eigenvalue weighted by atomic mass is 10.1. The Hall–Kier alpha value is -3.00. The highest BCUT2D eigenvalue weighted by molar-refractivity contribution is 7.19. The smallest absolute Gasteiger partial charge is 0.270 e. The molecular weight excluding hydrogens is 384 g/mol. The number of nitrogens with zero attached hydrogens (tertiary/aromatic N) is 4. The molecule has 0 saturated carbocycles. The standard InChI is InChI=1S/C21H24N6OS/c1-13-10-14(2)12-15(11-13)24-21-23-7-6-16(25-21)19-26-17(18(22)28)20(29-19)27-8-4-3-5-9-27/h6-7,10-12H,3-5,8-9H2,1-2H3,(H2,22,28)(H,23,24,25). The van der Waals surface area contributed by atoms with Gasteiger partial charge in [0.05, 0.1) is 0 Å². The number of carbonyl (C=O) groups is 1. The van der Waals surface area contributed by atoms with Gasteiger partial charge in [-0.05, 0) is 62.4 Å². The maximum atomic E-state index is 12.0. The number of hydrogen-bond acceptors (Lipinski definition) is 7. The molecular formula is C21H24N6OS. The number of nitrogens with one attached hydrogen (secondary N) is 1. The van der Waals surface area contributed by atoms with Crippen molar-refractivity contribution < 1.29 is 4.79 Å². The Labute approximate surface area is 174 Å². The summed E-state index contributed by atoms with van der Waals surface area (Å²) in [7, 11) is 0. The molecule has 1 saturated heterocycles. The van der Waals surface area contributed by atoms with Gasteiger partial charge < -0.3 is 16.0 Å². The molecule has 1 aliphatic heterocycles. The summed E-state index contributed by atoms with van der Waals surface area (Å²) in [5.74, 6) is -0.0152. The summed E-state index contributed by atoms with van der Waals surface area (Å²) in [5.41, 5.74) is 9.87. The maximum Gasteiger partial charge on any atom is 0.270 e. The number of carbonyl (C=O) groups excluding carboxylic acids is 1. The summed E-state index contributed by atoms with van der Waals surface area (Å²) in [5, 5.41) is 4.77. The molecule has 0 atom stereocenters. The number of benzene rings is 1. The van der Waals surface area contributed by atoms with E-state index in [9.17, 15) is 4.79 Å². The average Bonchev–Trinajstić information content (AvgIpc) is 3.14. The number of aromatic nitrogens is 3. The molecule has 7 nitrogen and oxygen atoms in total. The fraction of sp³-hybridized carbons (Fsp3) is 0.333. The van der Waals surface area contributed by atoms with Crippen molar-refractivity contribution in [3.63, 3.8) is 0 Å². The number of piperidine rings is 1. The van der Waals surface area contributed by atoms with Gasteiger partial charge in [-0.2, -0.15) is 0 Å². The third-order valence-corrected chi connectivity index (χ3v) is 5.98. The Morgan fingerprint density at radius 1 is 1.10 bits per heavy atom. The highest BCUT2D eigenvalue weighted by Crippen LogP contribution is 2.35. The molecule has 150 valence electrons. The molecule has 3 heterocycles. The molecule has 0 radical (unpaired) electrons. The van der Waals surface area contributed by atoms with Crippen molar-refractivity contribution >= 4 is 33.9 Å². The van der Waals surface area contributed by atoms with Crippen molar-refractivity contribution in [2.75, 3.05) is 23.3 Å². The van der Waals surface area contributed by atoms with E-state index in [0.717, 1.165) is 36.6 Å². The molecule has 1 amide bonds. The van der Waals surface area contributed by atoms with Crippen LogP contribution in [0, 0.1) is 13.8 Å². The van der Waals surface area contributed by atoms with E-state index in [1.165, 1.54) is 28.9 Å². The van der Waals surface area contributed by atoms with E-state index in [-0.39, 0.29) is 0 Å². The minimum atomic E-state index is -0.504. The summed E-state index contributed by atoms with van der Waals surface area (Å²) in [6.07, 6.45) is 5.14. The van der Waals surface area contributed by atoms with Crippen molar-refractivity contribution in [3.05, 3.63) is 47.3 Å². The normalized spacial score (nSPS) is 14.1. The van der Waals surface area contributed by atoms with Crippen LogP contribution < -0.4 is 16.0 Å². The summed E-state index contributed by atoms with van der Waals surface area (Å²) in [4.78, 5) is 27.6. The lowest BCUT2D eigenvalue weighted by Gasteiger charge is -2.27. The molecule has 8 heteroatoms. The van der Waals surface area contributed by atoms with Crippen LogP contribution in [0.1, 0.15) is 40.9 Å². The van der Waals surface area contributed by atoms with Crippen LogP contribution in [0.3, 0.4) is 0 Å². The molecule has 1 fully saturated rings. The number of amides is 1. The Bertz CT molecular complexity index is 1020. The van der Waals surface area contributed by atoms with Gasteiger partial charge in [-0.3, -0.25) is 4.79 Å². The first kappa shape index (κ1) is 19.3. The van der Waals surface area contributed by atoms with E-state index in [0.29, 0.717) is 22.3 Å². The quantitative estimate of drug-likeness (QED) is 0.661. The monoisotopic (exact) mass is 408 g/mol. The molecule has 3 N–H and O–H groups in total. The molecule has 2 aromatic heterocycles. The summed E-state index contributed by atoms with van der Waals surface area (Å²) >= 11 is 1.46. The van der Waals surface area contributed by atoms with E-state index in [4.69, 9.17) is 5.73 Å². The van der Waals surface area contributed by atoms with Gasteiger partial charge in [0.15, 0.2) is 5.69 Å². The minimum Gasteiger partial charge on any atom is -0.364 e. The summed E-state index contributed by atoms with van der Waals surface area (Å²) in [6, 6.07) is 8.01. The van der Waals surface area contributed by atoms with Crippen LogP contribution in [-0.4, -0.2) is 33.9 Å². The second-order valence-corrected chi connectivity index (χ2v) is 8.33. The Morgan fingerprint density at radius 3 is 2.52 bits per heavy atom. The molecule has 3 aromatic rings. The second kappa shape index (κ2) is 8.16. The number of anilines is 3. The molecule has 1 aliphatic rings. The predicted molar refractivity (Wildman–Crippen MR) is 117 cm³/mol. The topological polar surface area (TPSA) is 97.0 Å². The lowest BCUT2D eigenvalue weighted by molar-refractivity contribution is 0.0996. The Kier molecular flexibility index (Phi) is 5.44.